The van der Waals surface area contributed by atoms with Crippen LogP contribution in [0, 0.1) is 11.3 Å². The van der Waals surface area contributed by atoms with Crippen LogP contribution < -0.4 is 0 Å². The van der Waals surface area contributed by atoms with Crippen molar-refractivity contribution in [3.63, 3.8) is 0 Å². The van der Waals surface area contributed by atoms with Gasteiger partial charge in [0.15, 0.2) is 0 Å². The highest BCUT2D eigenvalue weighted by molar-refractivity contribution is 5.41. The summed E-state index contributed by atoms with van der Waals surface area (Å²) in [5, 5.41) is 8.67. The zero-order chi connectivity index (χ0) is 10.2. The van der Waals surface area contributed by atoms with Crippen LogP contribution in [-0.4, -0.2) is 17.8 Å². The molecular formula is C8H9N3O2. The predicted octanol–water partition coefficient (Wildman–Crippen LogP) is 1.07. The minimum Gasteiger partial charge on any atom is -0.211 e. The van der Waals surface area contributed by atoms with Crippen LogP contribution in [0.2, 0.25) is 0 Å². The summed E-state index contributed by atoms with van der Waals surface area (Å²) in [5.74, 6) is 0. The first-order valence-corrected chi connectivity index (χ1v) is 3.84. The molecule has 13 heavy (non-hydrogen) atoms. The molecule has 0 amide bonds. The van der Waals surface area contributed by atoms with Crippen molar-refractivity contribution in [3.8, 4) is 6.07 Å². The normalized spacial score (nSPS) is 12.9. The first-order chi connectivity index (χ1) is 6.24. The van der Waals surface area contributed by atoms with E-state index in [1.54, 1.807) is 6.07 Å². The van der Waals surface area contributed by atoms with Crippen LogP contribution in [0.4, 0.5) is 0 Å². The minimum atomic E-state index is -1.60. The maximum atomic E-state index is 9.98. The van der Waals surface area contributed by atoms with Crippen molar-refractivity contribution in [2.24, 2.45) is 9.98 Å². The van der Waals surface area contributed by atoms with Gasteiger partial charge in [-0.2, -0.15) is 15.2 Å². The lowest BCUT2D eigenvalue weighted by Gasteiger charge is -2.11. The summed E-state index contributed by atoms with van der Waals surface area (Å²) in [4.78, 5) is 26.4. The number of aliphatic imine (C=N–C) groups is 2. The molecule has 0 heterocycles. The van der Waals surface area contributed by atoms with Gasteiger partial charge in [-0.05, 0) is 6.42 Å². The van der Waals surface area contributed by atoms with Crippen LogP contribution in [0.15, 0.2) is 9.98 Å². The third kappa shape index (κ3) is 3.44. The van der Waals surface area contributed by atoms with Crippen molar-refractivity contribution in [1.29, 1.82) is 5.26 Å². The lowest BCUT2D eigenvalue weighted by atomic mass is 10.1. The Morgan fingerprint density at radius 1 is 1.31 bits per heavy atom. The minimum absolute atomic E-state index is 0.241. The summed E-state index contributed by atoms with van der Waals surface area (Å²) in [6.07, 6.45) is 4.19. The molecule has 0 aliphatic carbocycles. The standard InChI is InChI=1S/C8H9N3O2/c1-2-3-4-8(5-9,10-6-12)11-7-13/h2-4H2,1H3. The Labute approximate surface area is 75.8 Å². The Kier molecular flexibility index (Phi) is 5.06. The van der Waals surface area contributed by atoms with E-state index in [2.05, 4.69) is 9.98 Å². The van der Waals surface area contributed by atoms with E-state index >= 15 is 0 Å². The van der Waals surface area contributed by atoms with Crippen molar-refractivity contribution in [2.45, 2.75) is 31.8 Å². The second-order valence-electron chi connectivity index (χ2n) is 2.44. The number of isocyanates is 2. The van der Waals surface area contributed by atoms with Crippen LogP contribution in [0.1, 0.15) is 26.2 Å². The number of hydrogen-bond donors (Lipinski definition) is 0. The molecule has 0 N–H and O–H groups in total. The number of hydrogen-bond acceptors (Lipinski definition) is 5. The van der Waals surface area contributed by atoms with Crippen LogP contribution in [0.25, 0.3) is 0 Å². The van der Waals surface area contributed by atoms with E-state index in [9.17, 15) is 9.59 Å². The maximum Gasteiger partial charge on any atom is 0.259 e. The molecule has 0 rings (SSSR count). The Balaban J connectivity index is 4.77. The molecule has 0 spiro atoms. The summed E-state index contributed by atoms with van der Waals surface area (Å²) < 4.78 is 0. The molecule has 0 unspecified atom stereocenters. The number of nitrogens with zero attached hydrogens (tertiary/aromatic N) is 3. The van der Waals surface area contributed by atoms with E-state index in [0.717, 1.165) is 6.42 Å². The van der Waals surface area contributed by atoms with Gasteiger partial charge < -0.3 is 0 Å². The molecule has 5 nitrogen and oxygen atoms in total. The zero-order valence-electron chi connectivity index (χ0n) is 7.28. The smallest absolute Gasteiger partial charge is 0.211 e. The molecule has 0 bridgehead atoms. The summed E-state index contributed by atoms with van der Waals surface area (Å²) in [6.45, 7) is 1.91. The Hall–Kier alpha value is -1.75. The summed E-state index contributed by atoms with van der Waals surface area (Å²) in [6, 6.07) is 1.69. The summed E-state index contributed by atoms with van der Waals surface area (Å²) in [5.41, 5.74) is -1.60. The van der Waals surface area contributed by atoms with Gasteiger partial charge in [-0.25, -0.2) is 9.59 Å². The van der Waals surface area contributed by atoms with E-state index in [4.69, 9.17) is 5.26 Å². The second kappa shape index (κ2) is 5.84. The first-order valence-electron chi connectivity index (χ1n) is 3.84. The van der Waals surface area contributed by atoms with Gasteiger partial charge in [0.1, 0.15) is 6.07 Å². The van der Waals surface area contributed by atoms with Gasteiger partial charge in [0.2, 0.25) is 12.2 Å². The van der Waals surface area contributed by atoms with Gasteiger partial charge in [-0.15, -0.1) is 0 Å². The zero-order valence-corrected chi connectivity index (χ0v) is 7.28. The van der Waals surface area contributed by atoms with Gasteiger partial charge >= 0.3 is 0 Å². The molecule has 0 radical (unpaired) electrons. The largest absolute Gasteiger partial charge is 0.259 e. The average molecular weight is 179 g/mol. The van der Waals surface area contributed by atoms with E-state index in [0.29, 0.717) is 6.42 Å². The highest BCUT2D eigenvalue weighted by Crippen LogP contribution is 2.18. The molecule has 0 saturated carbocycles. The van der Waals surface area contributed by atoms with Crippen LogP contribution >= 0.6 is 0 Å². The number of carbonyl (C=O) groups excluding carboxylic acids is 2. The third-order valence-corrected chi connectivity index (χ3v) is 1.52. The van der Waals surface area contributed by atoms with Gasteiger partial charge in [0, 0.05) is 6.42 Å². The number of nitriles is 1. The highest BCUT2D eigenvalue weighted by atomic mass is 16.1. The quantitative estimate of drug-likeness (QED) is 0.467. The van der Waals surface area contributed by atoms with Crippen molar-refractivity contribution in [3.05, 3.63) is 0 Å². The maximum absolute atomic E-state index is 9.98. The Morgan fingerprint density at radius 3 is 2.15 bits per heavy atom. The Morgan fingerprint density at radius 2 is 1.85 bits per heavy atom. The Bertz CT molecular complexity index is 275. The summed E-state index contributed by atoms with van der Waals surface area (Å²) >= 11 is 0. The van der Waals surface area contributed by atoms with Gasteiger partial charge in [0.25, 0.3) is 5.66 Å². The molecule has 0 atom stereocenters. The molecule has 0 aromatic heterocycles. The number of unbranched alkanes of at least 4 members (excludes halogenated alkanes) is 1. The van der Waals surface area contributed by atoms with E-state index in [-0.39, 0.29) is 6.42 Å². The number of rotatable bonds is 5. The monoisotopic (exact) mass is 179 g/mol. The molecule has 0 aliphatic rings. The molecule has 68 valence electrons. The lowest BCUT2D eigenvalue weighted by molar-refractivity contribution is 0.479. The lowest BCUT2D eigenvalue weighted by Crippen LogP contribution is -2.20. The SMILES string of the molecule is CCCCC(C#N)(N=C=O)N=C=O. The molecule has 0 aliphatic heterocycles. The van der Waals surface area contributed by atoms with Crippen LogP contribution in [0.5, 0.6) is 0 Å². The highest BCUT2D eigenvalue weighted by Gasteiger charge is 2.27. The third-order valence-electron chi connectivity index (χ3n) is 1.52. The average Bonchev–Trinajstić information content (AvgIpc) is 2.15. The van der Waals surface area contributed by atoms with E-state index in [1.807, 2.05) is 6.92 Å². The van der Waals surface area contributed by atoms with Crippen molar-refractivity contribution in [2.75, 3.05) is 0 Å². The fraction of sp³-hybridized carbons (Fsp3) is 0.625. The van der Waals surface area contributed by atoms with Gasteiger partial charge in [0.05, 0.1) is 0 Å². The fourth-order valence-electron chi connectivity index (χ4n) is 0.817. The molecule has 0 saturated heterocycles. The molecule has 5 heteroatoms. The fourth-order valence-corrected chi connectivity index (χ4v) is 0.817. The van der Waals surface area contributed by atoms with Gasteiger partial charge in [-0.1, -0.05) is 13.3 Å². The van der Waals surface area contributed by atoms with E-state index in [1.165, 1.54) is 12.2 Å². The molecule has 0 aromatic rings. The predicted molar refractivity (Wildman–Crippen MR) is 44.1 cm³/mol. The van der Waals surface area contributed by atoms with Crippen LogP contribution in [-0.2, 0) is 9.59 Å². The molecule has 0 fully saturated rings. The van der Waals surface area contributed by atoms with Crippen LogP contribution in [0.3, 0.4) is 0 Å². The topological polar surface area (TPSA) is 82.7 Å². The van der Waals surface area contributed by atoms with Crippen molar-refractivity contribution < 1.29 is 9.59 Å². The molecular weight excluding hydrogens is 170 g/mol. The summed E-state index contributed by atoms with van der Waals surface area (Å²) in [7, 11) is 0. The van der Waals surface area contributed by atoms with Crippen molar-refractivity contribution in [1.82, 2.24) is 0 Å². The molecule has 0 aromatic carbocycles. The van der Waals surface area contributed by atoms with E-state index < -0.39 is 5.66 Å². The first kappa shape index (κ1) is 11.2. The van der Waals surface area contributed by atoms with Crippen molar-refractivity contribution >= 4 is 12.2 Å². The van der Waals surface area contributed by atoms with Gasteiger partial charge in [-0.3, -0.25) is 0 Å². The second-order valence-corrected chi connectivity index (χ2v) is 2.44.